The summed E-state index contributed by atoms with van der Waals surface area (Å²) in [4.78, 5) is 24.9. The van der Waals surface area contributed by atoms with E-state index in [1.54, 1.807) is 0 Å². The van der Waals surface area contributed by atoms with E-state index in [2.05, 4.69) is 52.9 Å². The largest absolute Gasteiger partial charge is 0.452 e. The lowest BCUT2D eigenvalue weighted by atomic mass is 9.79. The van der Waals surface area contributed by atoms with Crippen molar-refractivity contribution in [3.05, 3.63) is 70.8 Å². The molecule has 2 rings (SSSR count). The van der Waals surface area contributed by atoms with Crippen molar-refractivity contribution in [2.45, 2.75) is 65.3 Å². The van der Waals surface area contributed by atoms with Crippen molar-refractivity contribution >= 4 is 11.9 Å². The maximum absolute atomic E-state index is 12.7. The van der Waals surface area contributed by atoms with Gasteiger partial charge < -0.3 is 10.1 Å². The van der Waals surface area contributed by atoms with Gasteiger partial charge in [0, 0.05) is 0 Å². The number of carbonyl (C=O) groups is 2. The van der Waals surface area contributed by atoms with E-state index >= 15 is 0 Å². The molecule has 0 radical (unpaired) electrons. The van der Waals surface area contributed by atoms with Crippen molar-refractivity contribution in [1.29, 1.82) is 0 Å². The normalized spacial score (nSPS) is 12.9. The Kier molecular flexibility index (Phi) is 6.89. The van der Waals surface area contributed by atoms with E-state index in [0.29, 0.717) is 5.56 Å². The first-order chi connectivity index (χ1) is 13.4. The lowest BCUT2D eigenvalue weighted by molar-refractivity contribution is -0.124. The van der Waals surface area contributed by atoms with E-state index in [0.717, 1.165) is 16.7 Å². The zero-order chi connectivity index (χ0) is 21.8. The van der Waals surface area contributed by atoms with Crippen molar-refractivity contribution in [2.75, 3.05) is 6.61 Å². The van der Waals surface area contributed by atoms with E-state index in [-0.39, 0.29) is 29.4 Å². The van der Waals surface area contributed by atoms with Crippen molar-refractivity contribution < 1.29 is 14.3 Å². The topological polar surface area (TPSA) is 55.4 Å². The van der Waals surface area contributed by atoms with E-state index in [4.69, 9.17) is 4.74 Å². The van der Waals surface area contributed by atoms with Crippen LogP contribution in [0, 0.1) is 0 Å². The van der Waals surface area contributed by atoms with Gasteiger partial charge in [0.25, 0.3) is 5.91 Å². The van der Waals surface area contributed by atoms with Gasteiger partial charge in [-0.3, -0.25) is 4.79 Å². The SMILES string of the molecule is CC(NC(=O)COC(=O)c1cc(C(C)(C)C)cc(C(C)(C)C)c1)c1ccccc1. The predicted octanol–water partition coefficient (Wildman–Crippen LogP) is 5.32. The van der Waals surface area contributed by atoms with Gasteiger partial charge in [0.05, 0.1) is 11.6 Å². The Hall–Kier alpha value is -2.62. The monoisotopic (exact) mass is 395 g/mol. The molecule has 2 aromatic carbocycles. The van der Waals surface area contributed by atoms with Crippen LogP contribution >= 0.6 is 0 Å². The first-order valence-electron chi connectivity index (χ1n) is 10.1. The van der Waals surface area contributed by atoms with Crippen molar-refractivity contribution in [3.8, 4) is 0 Å². The van der Waals surface area contributed by atoms with E-state index in [1.165, 1.54) is 0 Å². The maximum Gasteiger partial charge on any atom is 0.338 e. The van der Waals surface area contributed by atoms with Gasteiger partial charge in [0.15, 0.2) is 6.61 Å². The highest BCUT2D eigenvalue weighted by molar-refractivity contribution is 5.92. The van der Waals surface area contributed by atoms with Crippen LogP contribution in [0.4, 0.5) is 0 Å². The minimum absolute atomic E-state index is 0.0984. The second kappa shape index (κ2) is 8.81. The number of amides is 1. The van der Waals surface area contributed by atoms with E-state index < -0.39 is 5.97 Å². The fourth-order valence-corrected chi connectivity index (χ4v) is 2.93. The van der Waals surface area contributed by atoms with Crippen LogP contribution in [0.25, 0.3) is 0 Å². The Labute approximate surface area is 174 Å². The van der Waals surface area contributed by atoms with Crippen LogP contribution in [0.1, 0.15) is 81.6 Å². The number of ether oxygens (including phenoxy) is 1. The zero-order valence-electron chi connectivity index (χ0n) is 18.6. The molecule has 1 unspecified atom stereocenters. The molecule has 0 saturated heterocycles. The minimum atomic E-state index is -0.482. The molecule has 0 heterocycles. The van der Waals surface area contributed by atoms with Crippen LogP contribution < -0.4 is 5.32 Å². The second-order valence-corrected chi connectivity index (χ2v) is 9.58. The molecule has 0 spiro atoms. The summed E-state index contributed by atoms with van der Waals surface area (Å²) in [5, 5.41) is 2.86. The zero-order valence-corrected chi connectivity index (χ0v) is 18.6. The summed E-state index contributed by atoms with van der Waals surface area (Å²) < 4.78 is 5.31. The third-order valence-electron chi connectivity index (χ3n) is 4.91. The van der Waals surface area contributed by atoms with Crippen molar-refractivity contribution in [3.63, 3.8) is 0 Å². The predicted molar refractivity (Wildman–Crippen MR) is 117 cm³/mol. The van der Waals surface area contributed by atoms with Gasteiger partial charge >= 0.3 is 5.97 Å². The summed E-state index contributed by atoms with van der Waals surface area (Å²) in [7, 11) is 0. The molecule has 0 aromatic heterocycles. The van der Waals surface area contributed by atoms with Gasteiger partial charge in [-0.25, -0.2) is 4.79 Å². The average molecular weight is 396 g/mol. The van der Waals surface area contributed by atoms with Crippen LogP contribution in [0.2, 0.25) is 0 Å². The molecule has 1 atom stereocenters. The fourth-order valence-electron chi connectivity index (χ4n) is 2.93. The highest BCUT2D eigenvalue weighted by atomic mass is 16.5. The van der Waals surface area contributed by atoms with Gasteiger partial charge in [-0.2, -0.15) is 0 Å². The summed E-state index contributed by atoms with van der Waals surface area (Å²) in [6, 6.07) is 15.4. The Morgan fingerprint density at radius 2 is 1.41 bits per heavy atom. The smallest absolute Gasteiger partial charge is 0.338 e. The average Bonchev–Trinajstić information content (AvgIpc) is 2.65. The Morgan fingerprint density at radius 3 is 1.90 bits per heavy atom. The fraction of sp³-hybridized carbons (Fsp3) is 0.440. The van der Waals surface area contributed by atoms with Gasteiger partial charge in [-0.15, -0.1) is 0 Å². The minimum Gasteiger partial charge on any atom is -0.452 e. The number of benzene rings is 2. The first kappa shape index (κ1) is 22.7. The first-order valence-corrected chi connectivity index (χ1v) is 10.1. The highest BCUT2D eigenvalue weighted by Crippen LogP contribution is 2.30. The lowest BCUT2D eigenvalue weighted by Gasteiger charge is -2.25. The summed E-state index contributed by atoms with van der Waals surface area (Å²) in [6.07, 6.45) is 0. The molecule has 0 fully saturated rings. The molecule has 4 nitrogen and oxygen atoms in total. The number of carbonyl (C=O) groups excluding carboxylic acids is 2. The number of esters is 1. The number of hydrogen-bond donors (Lipinski definition) is 1. The molecule has 156 valence electrons. The van der Waals surface area contributed by atoms with Gasteiger partial charge in [0.1, 0.15) is 0 Å². The van der Waals surface area contributed by atoms with Gasteiger partial charge in [0.2, 0.25) is 0 Å². The molecule has 2 aromatic rings. The quantitative estimate of drug-likeness (QED) is 0.698. The van der Waals surface area contributed by atoms with Crippen molar-refractivity contribution in [1.82, 2.24) is 5.32 Å². The third-order valence-corrected chi connectivity index (χ3v) is 4.91. The molecule has 0 aliphatic rings. The third kappa shape index (κ3) is 6.45. The summed E-state index contributed by atoms with van der Waals surface area (Å²) >= 11 is 0. The molecule has 4 heteroatoms. The summed E-state index contributed by atoms with van der Waals surface area (Å²) in [6.45, 7) is 14.3. The van der Waals surface area contributed by atoms with Crippen LogP contribution in [0.15, 0.2) is 48.5 Å². The number of rotatable bonds is 5. The van der Waals surface area contributed by atoms with Crippen LogP contribution in [-0.4, -0.2) is 18.5 Å². The molecular formula is C25H33NO3. The highest BCUT2D eigenvalue weighted by Gasteiger charge is 2.23. The Balaban J connectivity index is 2.09. The molecule has 0 aliphatic heterocycles. The molecule has 0 bridgehead atoms. The van der Waals surface area contributed by atoms with Crippen LogP contribution in [0.5, 0.6) is 0 Å². The molecular weight excluding hydrogens is 362 g/mol. The van der Waals surface area contributed by atoms with Gasteiger partial charge in [-0.1, -0.05) is 77.9 Å². The molecule has 1 N–H and O–H groups in total. The van der Waals surface area contributed by atoms with Crippen LogP contribution in [-0.2, 0) is 20.4 Å². The summed E-state index contributed by atoms with van der Waals surface area (Å²) in [5.74, 6) is -0.804. The standard InChI is InChI=1S/C25H33NO3/c1-17(18-11-9-8-10-12-18)26-22(27)16-29-23(28)19-13-20(24(2,3)4)15-21(14-19)25(5,6)7/h8-15,17H,16H2,1-7H3,(H,26,27). The number of nitrogens with one attached hydrogen (secondary N) is 1. The maximum atomic E-state index is 12.7. The lowest BCUT2D eigenvalue weighted by Crippen LogP contribution is -2.31. The molecule has 0 saturated carbocycles. The van der Waals surface area contributed by atoms with Crippen molar-refractivity contribution in [2.24, 2.45) is 0 Å². The number of hydrogen-bond acceptors (Lipinski definition) is 3. The van der Waals surface area contributed by atoms with E-state index in [9.17, 15) is 9.59 Å². The molecule has 29 heavy (non-hydrogen) atoms. The Bertz CT molecular complexity index is 826. The summed E-state index contributed by atoms with van der Waals surface area (Å²) in [5.41, 5.74) is 3.42. The second-order valence-electron chi connectivity index (χ2n) is 9.58. The molecule has 0 aliphatic carbocycles. The Morgan fingerprint density at radius 1 is 0.897 bits per heavy atom. The van der Waals surface area contributed by atoms with Crippen LogP contribution in [0.3, 0.4) is 0 Å². The molecule has 1 amide bonds. The van der Waals surface area contributed by atoms with E-state index in [1.807, 2.05) is 49.4 Å². The van der Waals surface area contributed by atoms with Gasteiger partial charge in [-0.05, 0) is 46.6 Å².